The summed E-state index contributed by atoms with van der Waals surface area (Å²) in [7, 11) is -0.418. The van der Waals surface area contributed by atoms with Crippen molar-refractivity contribution in [2.24, 2.45) is 0 Å². The van der Waals surface area contributed by atoms with Crippen LogP contribution in [0.15, 0.2) is 30.5 Å². The third-order valence-electron chi connectivity index (χ3n) is 6.04. The molecule has 2 fully saturated rings. The quantitative estimate of drug-likeness (QED) is 0.738. The fourth-order valence-electron chi connectivity index (χ4n) is 3.57. The number of aromatic nitrogens is 1. The third-order valence-corrected chi connectivity index (χ3v) is 6.04. The van der Waals surface area contributed by atoms with Crippen molar-refractivity contribution in [3.63, 3.8) is 0 Å². The molecule has 0 atom stereocenters. The Morgan fingerprint density at radius 1 is 1.07 bits per heavy atom. The molecule has 0 unspecified atom stereocenters. The van der Waals surface area contributed by atoms with Crippen LogP contribution >= 0.6 is 0 Å². The molecular formula is C21H29BN2O4. The largest absolute Gasteiger partial charge is 0.495 e. The molecule has 2 aromatic rings. The van der Waals surface area contributed by atoms with Gasteiger partial charge in [-0.05, 0) is 45.3 Å². The number of hydrogen-bond donors (Lipinski definition) is 0. The Labute approximate surface area is 167 Å². The molecular weight excluding hydrogens is 355 g/mol. The minimum absolute atomic E-state index is 0.375. The summed E-state index contributed by atoms with van der Waals surface area (Å²) in [6.45, 7) is 13.3. The first-order valence-corrected chi connectivity index (χ1v) is 10.0. The van der Waals surface area contributed by atoms with Crippen molar-refractivity contribution in [2.45, 2.75) is 38.9 Å². The van der Waals surface area contributed by atoms with Crippen LogP contribution in [0.2, 0.25) is 0 Å². The molecule has 2 saturated heterocycles. The van der Waals surface area contributed by atoms with Crippen molar-refractivity contribution in [1.82, 2.24) is 9.88 Å². The Morgan fingerprint density at radius 2 is 1.79 bits per heavy atom. The van der Waals surface area contributed by atoms with Gasteiger partial charge in [-0.1, -0.05) is 12.1 Å². The van der Waals surface area contributed by atoms with E-state index in [-0.39, 0.29) is 11.2 Å². The molecule has 7 heteroatoms. The van der Waals surface area contributed by atoms with E-state index < -0.39 is 7.12 Å². The zero-order chi connectivity index (χ0) is 19.8. The molecule has 0 spiro atoms. The van der Waals surface area contributed by atoms with E-state index in [1.807, 2.05) is 18.2 Å². The second-order valence-corrected chi connectivity index (χ2v) is 8.44. The van der Waals surface area contributed by atoms with E-state index in [9.17, 15) is 0 Å². The highest BCUT2D eigenvalue weighted by Gasteiger charge is 2.52. The molecule has 0 amide bonds. The molecule has 0 N–H and O–H groups in total. The highest BCUT2D eigenvalue weighted by molar-refractivity contribution is 6.65. The molecule has 0 aliphatic carbocycles. The maximum atomic E-state index is 6.25. The average Bonchev–Trinajstić information content (AvgIpc) is 2.90. The van der Waals surface area contributed by atoms with Gasteiger partial charge < -0.3 is 18.8 Å². The Bertz CT molecular complexity index is 820. The first-order valence-electron chi connectivity index (χ1n) is 10.0. The number of nitrogens with zero attached hydrogens (tertiary/aromatic N) is 2. The standard InChI is InChI=1S/C21H29BN2O4/c1-20(2)21(3,4)28-22(27-20)17-7-8-18(19-16(17)6-5-9-23-19)26-15-12-24-10-13-25-14-11-24/h5-9H,10-15H2,1-4H3. The van der Waals surface area contributed by atoms with Gasteiger partial charge in [0.2, 0.25) is 0 Å². The molecule has 150 valence electrons. The molecule has 2 aliphatic rings. The topological polar surface area (TPSA) is 53.1 Å². The van der Waals surface area contributed by atoms with Crippen molar-refractivity contribution in [3.8, 4) is 5.75 Å². The van der Waals surface area contributed by atoms with Gasteiger partial charge in [0, 0.05) is 31.2 Å². The predicted molar refractivity (Wildman–Crippen MR) is 110 cm³/mol. The van der Waals surface area contributed by atoms with Crippen LogP contribution in [0, 0.1) is 0 Å². The van der Waals surface area contributed by atoms with Gasteiger partial charge in [0.25, 0.3) is 0 Å². The van der Waals surface area contributed by atoms with Gasteiger partial charge >= 0.3 is 7.12 Å². The lowest BCUT2D eigenvalue weighted by atomic mass is 9.76. The fraction of sp³-hybridized carbons (Fsp3) is 0.571. The number of fused-ring (bicyclic) bond motifs is 1. The molecule has 28 heavy (non-hydrogen) atoms. The Kier molecular flexibility index (Phi) is 5.35. The van der Waals surface area contributed by atoms with E-state index >= 15 is 0 Å². The van der Waals surface area contributed by atoms with Gasteiger partial charge in [-0.15, -0.1) is 0 Å². The summed E-state index contributed by atoms with van der Waals surface area (Å²) in [6.07, 6.45) is 1.80. The van der Waals surface area contributed by atoms with Crippen LogP contribution in [-0.4, -0.2) is 67.7 Å². The predicted octanol–water partition coefficient (Wildman–Crippen LogP) is 2.24. The lowest BCUT2D eigenvalue weighted by Crippen LogP contribution is -2.41. The monoisotopic (exact) mass is 384 g/mol. The summed E-state index contributed by atoms with van der Waals surface area (Å²) in [5, 5.41) is 1.00. The van der Waals surface area contributed by atoms with Crippen LogP contribution in [0.25, 0.3) is 10.9 Å². The van der Waals surface area contributed by atoms with Gasteiger partial charge in [-0.2, -0.15) is 0 Å². The summed E-state index contributed by atoms with van der Waals surface area (Å²) >= 11 is 0. The molecule has 0 bridgehead atoms. The first-order chi connectivity index (χ1) is 13.4. The maximum absolute atomic E-state index is 6.25. The number of benzene rings is 1. The molecule has 0 radical (unpaired) electrons. The Hall–Kier alpha value is -1.67. The maximum Gasteiger partial charge on any atom is 0.495 e. The Balaban J connectivity index is 1.54. The van der Waals surface area contributed by atoms with E-state index in [0.717, 1.165) is 55.0 Å². The van der Waals surface area contributed by atoms with E-state index in [1.54, 1.807) is 6.20 Å². The summed E-state index contributed by atoms with van der Waals surface area (Å²) in [5.74, 6) is 0.795. The van der Waals surface area contributed by atoms with Gasteiger partial charge in [-0.3, -0.25) is 9.88 Å². The number of morpholine rings is 1. The molecule has 4 rings (SSSR count). The summed E-state index contributed by atoms with van der Waals surface area (Å²) in [4.78, 5) is 6.94. The van der Waals surface area contributed by atoms with Gasteiger partial charge in [0.1, 0.15) is 17.9 Å². The van der Waals surface area contributed by atoms with Crippen molar-refractivity contribution in [2.75, 3.05) is 39.5 Å². The second-order valence-electron chi connectivity index (χ2n) is 8.44. The number of pyridine rings is 1. The zero-order valence-electron chi connectivity index (χ0n) is 17.2. The fourth-order valence-corrected chi connectivity index (χ4v) is 3.57. The lowest BCUT2D eigenvalue weighted by molar-refractivity contribution is 0.00578. The van der Waals surface area contributed by atoms with Gasteiger partial charge in [0.05, 0.1) is 24.4 Å². The molecule has 1 aromatic carbocycles. The minimum Gasteiger partial charge on any atom is -0.490 e. The van der Waals surface area contributed by atoms with Crippen LogP contribution < -0.4 is 10.2 Å². The van der Waals surface area contributed by atoms with Crippen molar-refractivity contribution < 1.29 is 18.8 Å². The molecule has 2 aliphatic heterocycles. The van der Waals surface area contributed by atoms with E-state index in [2.05, 4.69) is 43.6 Å². The average molecular weight is 384 g/mol. The van der Waals surface area contributed by atoms with E-state index in [0.29, 0.717) is 6.61 Å². The van der Waals surface area contributed by atoms with Crippen LogP contribution in [0.1, 0.15) is 27.7 Å². The smallest absolute Gasteiger partial charge is 0.490 e. The van der Waals surface area contributed by atoms with Crippen molar-refractivity contribution in [1.29, 1.82) is 0 Å². The van der Waals surface area contributed by atoms with Crippen LogP contribution in [0.3, 0.4) is 0 Å². The van der Waals surface area contributed by atoms with Crippen LogP contribution in [-0.2, 0) is 14.0 Å². The lowest BCUT2D eigenvalue weighted by Gasteiger charge is -2.32. The molecule has 6 nitrogen and oxygen atoms in total. The first kappa shape index (κ1) is 19.6. The van der Waals surface area contributed by atoms with E-state index in [4.69, 9.17) is 18.8 Å². The number of rotatable bonds is 5. The van der Waals surface area contributed by atoms with Gasteiger partial charge in [0.15, 0.2) is 0 Å². The highest BCUT2D eigenvalue weighted by atomic mass is 16.7. The summed E-state index contributed by atoms with van der Waals surface area (Å²) < 4.78 is 24.0. The van der Waals surface area contributed by atoms with Crippen LogP contribution in [0.4, 0.5) is 0 Å². The second kappa shape index (κ2) is 7.63. The molecule has 3 heterocycles. The highest BCUT2D eigenvalue weighted by Crippen LogP contribution is 2.37. The SMILES string of the molecule is CC1(C)OB(c2ccc(OCCN3CCOCC3)c3ncccc23)OC1(C)C. The molecule has 1 aromatic heterocycles. The van der Waals surface area contributed by atoms with Gasteiger partial charge in [-0.25, -0.2) is 0 Å². The van der Waals surface area contributed by atoms with Crippen molar-refractivity contribution >= 4 is 23.5 Å². The normalized spacial score (nSPS) is 21.9. The minimum atomic E-state index is -0.418. The molecule has 0 saturated carbocycles. The third kappa shape index (κ3) is 3.76. The van der Waals surface area contributed by atoms with Crippen molar-refractivity contribution in [3.05, 3.63) is 30.5 Å². The van der Waals surface area contributed by atoms with E-state index in [1.165, 1.54) is 0 Å². The zero-order valence-corrected chi connectivity index (χ0v) is 17.2. The number of hydrogen-bond acceptors (Lipinski definition) is 6. The number of ether oxygens (including phenoxy) is 2. The summed E-state index contributed by atoms with van der Waals surface area (Å²) in [5.41, 5.74) is 1.08. The Morgan fingerprint density at radius 3 is 2.50 bits per heavy atom. The van der Waals surface area contributed by atoms with Crippen LogP contribution in [0.5, 0.6) is 5.75 Å². The summed E-state index contributed by atoms with van der Waals surface area (Å²) in [6, 6.07) is 8.01.